The summed E-state index contributed by atoms with van der Waals surface area (Å²) in [7, 11) is 0. The fraction of sp³-hybridized carbons (Fsp3) is 0.300. The van der Waals surface area contributed by atoms with E-state index >= 15 is 0 Å². The maximum absolute atomic E-state index is 11.6. The summed E-state index contributed by atoms with van der Waals surface area (Å²) < 4.78 is 21.5. The van der Waals surface area contributed by atoms with Crippen molar-refractivity contribution in [2.45, 2.75) is 0 Å². The van der Waals surface area contributed by atoms with Crippen molar-refractivity contribution in [3.63, 3.8) is 0 Å². The predicted octanol–water partition coefficient (Wildman–Crippen LogP) is 1.82. The Hall–Kier alpha value is -1.42. The minimum Gasteiger partial charge on any atom is -0.468 e. The Kier molecular flexibility index (Phi) is 4.64. The summed E-state index contributed by atoms with van der Waals surface area (Å²) in [5, 5.41) is 0. The molecule has 0 aromatic heterocycles. The number of ether oxygens (including phenoxy) is 2. The first-order chi connectivity index (χ1) is 6.86. The van der Waals surface area contributed by atoms with Crippen molar-refractivity contribution < 1.29 is 18.7 Å². The lowest BCUT2D eigenvalue weighted by Gasteiger charge is -2.05. The molecule has 0 unspecified atom stereocenters. The molecule has 0 saturated heterocycles. The molecule has 0 fully saturated rings. The second-order valence-corrected chi connectivity index (χ2v) is 2.55. The first-order valence-electron chi connectivity index (χ1n) is 4.18. The summed E-state index contributed by atoms with van der Waals surface area (Å²) in [6, 6.07) is 6.66. The first kappa shape index (κ1) is 10.7. The number of halogens is 1. The van der Waals surface area contributed by atoms with E-state index in [1.165, 1.54) is 0 Å². The van der Waals surface area contributed by atoms with Gasteiger partial charge in [-0.3, -0.25) is 4.79 Å². The molecule has 4 heteroatoms. The molecule has 0 saturated carbocycles. The third kappa shape index (κ3) is 3.53. The summed E-state index contributed by atoms with van der Waals surface area (Å²) in [4.78, 5) is 10.4. The molecule has 3 nitrogen and oxygen atoms in total. The van der Waals surface area contributed by atoms with Crippen LogP contribution in [0.2, 0.25) is 0 Å². The van der Waals surface area contributed by atoms with Gasteiger partial charge in [-0.1, -0.05) is 12.1 Å². The molecule has 0 spiro atoms. The van der Waals surface area contributed by atoms with Gasteiger partial charge >= 0.3 is 0 Å². The molecular weight excluding hydrogens is 187 g/mol. The van der Waals surface area contributed by atoms with Gasteiger partial charge in [-0.25, -0.2) is 4.39 Å². The van der Waals surface area contributed by atoms with Crippen LogP contribution in [0.15, 0.2) is 24.3 Å². The van der Waals surface area contributed by atoms with Gasteiger partial charge in [-0.15, -0.1) is 0 Å². The zero-order valence-electron chi connectivity index (χ0n) is 7.61. The van der Waals surface area contributed by atoms with Gasteiger partial charge in [0, 0.05) is 5.56 Å². The molecule has 1 aromatic rings. The fourth-order valence-corrected chi connectivity index (χ4v) is 0.901. The van der Waals surface area contributed by atoms with Crippen LogP contribution in [0.5, 0.6) is 5.75 Å². The van der Waals surface area contributed by atoms with Gasteiger partial charge < -0.3 is 9.47 Å². The Morgan fingerprint density at radius 2 is 2.29 bits per heavy atom. The van der Waals surface area contributed by atoms with Crippen molar-refractivity contribution in [1.29, 1.82) is 0 Å². The largest absolute Gasteiger partial charge is 0.468 e. The molecule has 0 amide bonds. The fourth-order valence-electron chi connectivity index (χ4n) is 0.901. The minimum absolute atomic E-state index is 0.00771. The Labute approximate surface area is 81.4 Å². The maximum Gasteiger partial charge on any atom is 0.189 e. The Balaban J connectivity index is 2.38. The Morgan fingerprint density at radius 1 is 1.43 bits per heavy atom. The molecule has 76 valence electrons. The molecule has 1 aromatic carbocycles. The van der Waals surface area contributed by atoms with Gasteiger partial charge in [-0.05, 0) is 12.1 Å². The highest BCUT2D eigenvalue weighted by molar-refractivity contribution is 5.75. The van der Waals surface area contributed by atoms with Crippen LogP contribution in [-0.2, 0) is 4.74 Å². The molecule has 1 rings (SSSR count). The van der Waals surface area contributed by atoms with Gasteiger partial charge in [0.15, 0.2) is 6.79 Å². The topological polar surface area (TPSA) is 35.5 Å². The number of carbonyl (C=O) groups is 1. The number of alkyl halides is 1. The minimum atomic E-state index is -0.530. The summed E-state index contributed by atoms with van der Waals surface area (Å²) in [5.74, 6) is 0.536. The Morgan fingerprint density at radius 3 is 3.00 bits per heavy atom. The lowest BCUT2D eigenvalue weighted by molar-refractivity contribution is 0.00943. The van der Waals surface area contributed by atoms with Crippen LogP contribution in [0.3, 0.4) is 0 Å². The van der Waals surface area contributed by atoms with Gasteiger partial charge in [0.25, 0.3) is 0 Å². The van der Waals surface area contributed by atoms with Gasteiger partial charge in [0.1, 0.15) is 18.7 Å². The molecule has 14 heavy (non-hydrogen) atoms. The van der Waals surface area contributed by atoms with Crippen LogP contribution in [0.25, 0.3) is 0 Å². The average Bonchev–Trinajstić information content (AvgIpc) is 2.25. The van der Waals surface area contributed by atoms with Crippen LogP contribution in [0.4, 0.5) is 4.39 Å². The number of hydrogen-bond donors (Lipinski definition) is 0. The van der Waals surface area contributed by atoms with Crippen LogP contribution in [0, 0.1) is 0 Å². The maximum atomic E-state index is 11.6. The molecular formula is C10H11FO3. The third-order valence-electron chi connectivity index (χ3n) is 1.52. The van der Waals surface area contributed by atoms with E-state index in [2.05, 4.69) is 0 Å². The predicted molar refractivity (Wildman–Crippen MR) is 49.3 cm³/mol. The van der Waals surface area contributed by atoms with Gasteiger partial charge in [-0.2, -0.15) is 0 Å². The molecule has 0 N–H and O–H groups in total. The quantitative estimate of drug-likeness (QED) is 0.397. The molecule has 0 aliphatic carbocycles. The van der Waals surface area contributed by atoms with Gasteiger partial charge in [0.2, 0.25) is 0 Å². The number of rotatable bonds is 6. The highest BCUT2D eigenvalue weighted by atomic mass is 19.1. The highest BCUT2D eigenvalue weighted by Gasteiger charge is 1.95. The summed E-state index contributed by atoms with van der Waals surface area (Å²) in [6.07, 6.45) is 0.731. The standard InChI is InChI=1S/C10H11FO3/c11-4-5-13-8-14-10-3-1-2-9(6-10)7-12/h1-3,6-7H,4-5,8H2. The number of benzene rings is 1. The first-order valence-corrected chi connectivity index (χ1v) is 4.18. The number of aldehydes is 1. The van der Waals surface area contributed by atoms with E-state index in [1.54, 1.807) is 24.3 Å². The van der Waals surface area contributed by atoms with Gasteiger partial charge in [0.05, 0.1) is 6.61 Å². The SMILES string of the molecule is O=Cc1cccc(OCOCCF)c1. The van der Waals surface area contributed by atoms with Crippen molar-refractivity contribution in [1.82, 2.24) is 0 Å². The smallest absolute Gasteiger partial charge is 0.189 e. The molecule has 0 heterocycles. The normalized spacial score (nSPS) is 9.79. The zero-order chi connectivity index (χ0) is 10.2. The van der Waals surface area contributed by atoms with E-state index in [0.717, 1.165) is 6.29 Å². The van der Waals surface area contributed by atoms with Crippen molar-refractivity contribution in [2.75, 3.05) is 20.1 Å². The van der Waals surface area contributed by atoms with Crippen LogP contribution in [-0.4, -0.2) is 26.4 Å². The van der Waals surface area contributed by atoms with E-state index < -0.39 is 6.67 Å². The second-order valence-electron chi connectivity index (χ2n) is 2.55. The summed E-state index contributed by atoms with van der Waals surface area (Å²) in [6.45, 7) is -0.517. The van der Waals surface area contributed by atoms with E-state index in [4.69, 9.17) is 9.47 Å². The number of hydrogen-bond acceptors (Lipinski definition) is 3. The highest BCUT2D eigenvalue weighted by Crippen LogP contribution is 2.11. The Bertz CT molecular complexity index is 288. The molecule has 0 radical (unpaired) electrons. The summed E-state index contributed by atoms with van der Waals surface area (Å²) in [5.41, 5.74) is 0.535. The second kappa shape index (κ2) is 6.10. The van der Waals surface area contributed by atoms with Crippen LogP contribution < -0.4 is 4.74 Å². The van der Waals surface area contributed by atoms with Crippen molar-refractivity contribution in [3.05, 3.63) is 29.8 Å². The third-order valence-corrected chi connectivity index (χ3v) is 1.52. The molecule has 0 bridgehead atoms. The lowest BCUT2D eigenvalue weighted by atomic mass is 10.2. The van der Waals surface area contributed by atoms with Crippen molar-refractivity contribution >= 4 is 6.29 Å². The zero-order valence-corrected chi connectivity index (χ0v) is 7.61. The number of carbonyl (C=O) groups excluding carboxylic acids is 1. The van der Waals surface area contributed by atoms with Crippen LogP contribution >= 0.6 is 0 Å². The van der Waals surface area contributed by atoms with E-state index in [9.17, 15) is 9.18 Å². The van der Waals surface area contributed by atoms with Crippen molar-refractivity contribution in [3.8, 4) is 5.75 Å². The molecule has 0 aliphatic heterocycles. The molecule has 0 aliphatic rings. The van der Waals surface area contributed by atoms with E-state index in [-0.39, 0.29) is 13.4 Å². The van der Waals surface area contributed by atoms with Crippen LogP contribution in [0.1, 0.15) is 10.4 Å². The average molecular weight is 198 g/mol. The summed E-state index contributed by atoms with van der Waals surface area (Å²) >= 11 is 0. The monoisotopic (exact) mass is 198 g/mol. The lowest BCUT2D eigenvalue weighted by Crippen LogP contribution is -2.05. The van der Waals surface area contributed by atoms with E-state index in [1.807, 2.05) is 0 Å². The van der Waals surface area contributed by atoms with Crippen molar-refractivity contribution in [2.24, 2.45) is 0 Å². The van der Waals surface area contributed by atoms with E-state index in [0.29, 0.717) is 11.3 Å². The molecule has 0 atom stereocenters.